The Bertz CT molecular complexity index is 217. The molecule has 2 unspecified atom stereocenters. The van der Waals surface area contributed by atoms with Gasteiger partial charge in [-0.05, 0) is 13.1 Å². The first-order valence-corrected chi connectivity index (χ1v) is 6.80. The van der Waals surface area contributed by atoms with Crippen LogP contribution in [-0.2, 0) is 15.6 Å². The maximum atomic E-state index is 11.5. The van der Waals surface area contributed by atoms with E-state index in [9.17, 15) is 9.00 Å². The molecule has 0 aliphatic rings. The Kier molecular flexibility index (Phi) is 7.60. The molecule has 5 heteroatoms. The predicted octanol–water partition coefficient (Wildman–Crippen LogP) is 0.798. The van der Waals surface area contributed by atoms with E-state index < -0.39 is 22.7 Å². The Morgan fingerprint density at radius 3 is 2.33 bits per heavy atom. The third-order valence-corrected chi connectivity index (χ3v) is 3.90. The molecule has 0 aromatic heterocycles. The molecule has 0 radical (unpaired) electrons. The topological polar surface area (TPSA) is 57.6 Å². The van der Waals surface area contributed by atoms with Gasteiger partial charge in [0.2, 0.25) is 0 Å². The molecular formula is C10H21NO3S. The zero-order valence-corrected chi connectivity index (χ0v) is 10.5. The van der Waals surface area contributed by atoms with E-state index in [0.29, 0.717) is 5.75 Å². The molecule has 2 atom stereocenters. The van der Waals surface area contributed by atoms with E-state index in [0.717, 1.165) is 19.6 Å². The molecule has 0 aliphatic carbocycles. The highest BCUT2D eigenvalue weighted by Crippen LogP contribution is 1.99. The van der Waals surface area contributed by atoms with Crippen LogP contribution in [0.5, 0.6) is 0 Å². The quantitative estimate of drug-likeness (QED) is 0.676. The average Bonchev–Trinajstić information content (AvgIpc) is 2.19. The number of carbonyl (C=O) groups is 1. The van der Waals surface area contributed by atoms with Crippen molar-refractivity contribution >= 4 is 16.8 Å². The number of nitrogens with zero attached hydrogens (tertiary/aromatic N) is 1. The third kappa shape index (κ3) is 6.62. The van der Waals surface area contributed by atoms with E-state index >= 15 is 0 Å². The molecule has 1 N–H and O–H groups in total. The van der Waals surface area contributed by atoms with Crippen LogP contribution in [0.2, 0.25) is 0 Å². The van der Waals surface area contributed by atoms with Gasteiger partial charge in [-0.25, -0.2) is 0 Å². The number of hydrogen-bond donors (Lipinski definition) is 1. The number of aliphatic carboxylic acids is 1. The summed E-state index contributed by atoms with van der Waals surface area (Å²) < 4.78 is 11.5. The summed E-state index contributed by atoms with van der Waals surface area (Å²) in [7, 11) is -1.02. The van der Waals surface area contributed by atoms with Gasteiger partial charge in [0.15, 0.2) is 0 Å². The van der Waals surface area contributed by atoms with Crippen LogP contribution in [0.4, 0.5) is 0 Å². The Morgan fingerprint density at radius 2 is 1.93 bits per heavy atom. The van der Waals surface area contributed by atoms with Gasteiger partial charge in [-0.15, -0.1) is 0 Å². The third-order valence-electron chi connectivity index (χ3n) is 2.39. The van der Waals surface area contributed by atoms with Gasteiger partial charge in [0, 0.05) is 28.9 Å². The maximum Gasteiger partial charge on any atom is 0.307 e. The summed E-state index contributed by atoms with van der Waals surface area (Å²) in [6.45, 7) is 8.40. The molecule has 0 heterocycles. The van der Waals surface area contributed by atoms with Gasteiger partial charge in [-0.3, -0.25) is 9.00 Å². The van der Waals surface area contributed by atoms with E-state index in [2.05, 4.69) is 18.7 Å². The van der Waals surface area contributed by atoms with Crippen molar-refractivity contribution in [2.24, 2.45) is 5.92 Å². The van der Waals surface area contributed by atoms with Crippen molar-refractivity contribution in [3.63, 3.8) is 0 Å². The highest BCUT2D eigenvalue weighted by molar-refractivity contribution is 7.85. The van der Waals surface area contributed by atoms with Crippen LogP contribution in [0.15, 0.2) is 0 Å². The lowest BCUT2D eigenvalue weighted by Gasteiger charge is -2.17. The van der Waals surface area contributed by atoms with E-state index in [1.165, 1.54) is 0 Å². The second-order valence-corrected chi connectivity index (χ2v) is 5.20. The monoisotopic (exact) mass is 235 g/mol. The maximum absolute atomic E-state index is 11.5. The summed E-state index contributed by atoms with van der Waals surface area (Å²) in [6.07, 6.45) is 0. The van der Waals surface area contributed by atoms with E-state index in [4.69, 9.17) is 5.11 Å². The Labute approximate surface area is 94.1 Å². The molecule has 90 valence electrons. The van der Waals surface area contributed by atoms with Crippen molar-refractivity contribution in [2.75, 3.05) is 31.1 Å². The molecule has 0 saturated carbocycles. The van der Waals surface area contributed by atoms with Gasteiger partial charge < -0.3 is 10.0 Å². The second kappa shape index (κ2) is 7.82. The van der Waals surface area contributed by atoms with Crippen molar-refractivity contribution in [1.82, 2.24) is 4.90 Å². The van der Waals surface area contributed by atoms with Crippen molar-refractivity contribution in [1.29, 1.82) is 0 Å². The van der Waals surface area contributed by atoms with Gasteiger partial charge in [0.25, 0.3) is 0 Å². The molecule has 0 amide bonds. The predicted molar refractivity (Wildman–Crippen MR) is 62.5 cm³/mol. The average molecular weight is 235 g/mol. The summed E-state index contributed by atoms with van der Waals surface area (Å²) in [6, 6.07) is 0. The molecule has 0 aliphatic heterocycles. The largest absolute Gasteiger partial charge is 0.481 e. The molecule has 0 saturated heterocycles. The lowest BCUT2D eigenvalue weighted by atomic mass is 10.2. The smallest absolute Gasteiger partial charge is 0.307 e. The molecule has 0 bridgehead atoms. The normalized spacial score (nSPS) is 15.2. The van der Waals surface area contributed by atoms with E-state index in [1.54, 1.807) is 6.92 Å². The van der Waals surface area contributed by atoms with Gasteiger partial charge in [0.1, 0.15) is 0 Å². The fourth-order valence-corrected chi connectivity index (χ4v) is 2.53. The Balaban J connectivity index is 3.79. The lowest BCUT2D eigenvalue weighted by Crippen LogP contribution is -2.29. The van der Waals surface area contributed by atoms with E-state index in [-0.39, 0.29) is 5.75 Å². The molecule has 0 rings (SSSR count). The second-order valence-electron chi connectivity index (χ2n) is 3.58. The van der Waals surface area contributed by atoms with Gasteiger partial charge in [-0.2, -0.15) is 0 Å². The van der Waals surface area contributed by atoms with Crippen LogP contribution < -0.4 is 0 Å². The van der Waals surface area contributed by atoms with Crippen LogP contribution in [0.3, 0.4) is 0 Å². The fraction of sp³-hybridized carbons (Fsp3) is 0.900. The molecule has 15 heavy (non-hydrogen) atoms. The number of hydrogen-bond acceptors (Lipinski definition) is 3. The van der Waals surface area contributed by atoms with E-state index in [1.807, 2.05) is 0 Å². The molecule has 0 aromatic rings. The molecule has 0 spiro atoms. The minimum absolute atomic E-state index is 0.261. The zero-order chi connectivity index (χ0) is 11.8. The van der Waals surface area contributed by atoms with Crippen molar-refractivity contribution in [3.05, 3.63) is 0 Å². The first-order chi connectivity index (χ1) is 7.01. The van der Waals surface area contributed by atoms with Crippen LogP contribution in [-0.4, -0.2) is 51.3 Å². The number of carboxylic acid groups (broad SMARTS) is 1. The summed E-state index contributed by atoms with van der Waals surface area (Å²) >= 11 is 0. The van der Waals surface area contributed by atoms with Crippen LogP contribution >= 0.6 is 0 Å². The summed E-state index contributed by atoms with van der Waals surface area (Å²) in [4.78, 5) is 12.7. The van der Waals surface area contributed by atoms with Crippen LogP contribution in [0.1, 0.15) is 20.8 Å². The number of rotatable bonds is 8. The minimum atomic E-state index is -1.02. The summed E-state index contributed by atoms with van der Waals surface area (Å²) in [5, 5.41) is 8.66. The summed E-state index contributed by atoms with van der Waals surface area (Å²) in [5.74, 6) is -0.552. The lowest BCUT2D eigenvalue weighted by molar-refractivity contribution is -0.140. The Hall–Kier alpha value is -0.420. The SMILES string of the molecule is CCN(CC)CCS(=O)CC(C)C(=O)O. The van der Waals surface area contributed by atoms with Crippen molar-refractivity contribution < 1.29 is 14.1 Å². The molecule has 0 aromatic carbocycles. The van der Waals surface area contributed by atoms with Crippen LogP contribution in [0.25, 0.3) is 0 Å². The molecule has 0 fully saturated rings. The van der Waals surface area contributed by atoms with Crippen molar-refractivity contribution in [3.8, 4) is 0 Å². The minimum Gasteiger partial charge on any atom is -0.481 e. The van der Waals surface area contributed by atoms with Crippen molar-refractivity contribution in [2.45, 2.75) is 20.8 Å². The highest BCUT2D eigenvalue weighted by Gasteiger charge is 2.14. The zero-order valence-electron chi connectivity index (χ0n) is 9.73. The van der Waals surface area contributed by atoms with Gasteiger partial charge in [-0.1, -0.05) is 20.8 Å². The molecule has 4 nitrogen and oxygen atoms in total. The standard InChI is InChI=1S/C10H21NO3S/c1-4-11(5-2)6-7-15(14)8-9(3)10(12)13/h9H,4-8H2,1-3H3,(H,12,13). The fourth-order valence-electron chi connectivity index (χ4n) is 1.20. The molecular weight excluding hydrogens is 214 g/mol. The van der Waals surface area contributed by atoms with Gasteiger partial charge >= 0.3 is 5.97 Å². The first kappa shape index (κ1) is 14.6. The van der Waals surface area contributed by atoms with Gasteiger partial charge in [0.05, 0.1) is 5.92 Å². The Morgan fingerprint density at radius 1 is 1.40 bits per heavy atom. The highest BCUT2D eigenvalue weighted by atomic mass is 32.2. The summed E-state index contributed by atoms with van der Waals surface area (Å²) in [5.41, 5.74) is 0. The first-order valence-electron chi connectivity index (χ1n) is 5.31. The number of carboxylic acids is 1. The van der Waals surface area contributed by atoms with Crippen LogP contribution in [0, 0.1) is 5.92 Å².